The molecule has 4 aromatic rings. The van der Waals surface area contributed by atoms with Crippen LogP contribution in [0.1, 0.15) is 24.0 Å². The van der Waals surface area contributed by atoms with Crippen LogP contribution >= 0.6 is 30.8 Å². The maximum atomic E-state index is 12.4. The molecule has 0 amide bonds. The first-order valence-electron chi connectivity index (χ1n) is 12.5. The van der Waals surface area contributed by atoms with Crippen molar-refractivity contribution in [2.45, 2.75) is 49.3 Å². The number of hydrogen-bond acceptors (Lipinski definition) is 13. The van der Waals surface area contributed by atoms with Crippen LogP contribution in [0.4, 0.5) is 5.82 Å². The smallest absolute Gasteiger partial charge is 0.359 e. The van der Waals surface area contributed by atoms with E-state index in [4.69, 9.17) is 32.7 Å². The third kappa shape index (κ3) is 6.12. The maximum Gasteiger partial charge on any atom is 0.359 e. The Labute approximate surface area is 247 Å². The minimum atomic E-state index is -5.08. The number of aryl methyl sites for hydroxylation is 1. The summed E-state index contributed by atoms with van der Waals surface area (Å²) in [6, 6.07) is 7.24. The van der Waals surface area contributed by atoms with Crippen LogP contribution in [0.15, 0.2) is 30.5 Å². The van der Waals surface area contributed by atoms with Gasteiger partial charge in [-0.05, 0) is 29.7 Å². The first-order chi connectivity index (χ1) is 20.0. The molecule has 1 saturated heterocycles. The number of aromatic nitrogens is 8. The number of rotatable bonds is 12. The van der Waals surface area contributed by atoms with Crippen molar-refractivity contribution in [1.82, 2.24) is 40.4 Å². The standard InChI is InChI=1S/C22H26Cl2N9O8P/c23-13-4-2-1-3-11(13)7-25-18-12-8-26-33(19(12)28-21(24)27-18)20-17(36)16(35)14(41-20)9-40-22(10-34,42(37,38)39)6-5-15-29-31-32-30-15/h1-4,8,14,16-17,20,34-36H,5-7,9-10H2,(H,25,27,28)(H2,37,38,39)(H,29,30,31,32)/t14-,16-,17-,20-,22?/m1/s1. The molecule has 0 bridgehead atoms. The van der Waals surface area contributed by atoms with Crippen LogP contribution in [0.3, 0.4) is 0 Å². The molecule has 42 heavy (non-hydrogen) atoms. The number of tetrazole rings is 1. The molecule has 0 spiro atoms. The molecule has 4 heterocycles. The molecule has 5 rings (SSSR count). The minimum Gasteiger partial charge on any atom is -0.393 e. The Morgan fingerprint density at radius 3 is 2.67 bits per heavy atom. The molecule has 0 aliphatic carbocycles. The second kappa shape index (κ2) is 12.4. The van der Waals surface area contributed by atoms with Gasteiger partial charge in [-0.1, -0.05) is 35.0 Å². The van der Waals surface area contributed by atoms with Crippen molar-refractivity contribution >= 4 is 47.6 Å². The third-order valence-electron chi connectivity index (χ3n) is 6.83. The molecule has 1 aliphatic rings. The highest BCUT2D eigenvalue weighted by Gasteiger charge is 2.51. The number of halogens is 2. The molecule has 3 aromatic heterocycles. The SMILES string of the molecule is O=P(O)(O)C(CO)(CCc1nn[nH]n1)OC[C@H]1O[C@@H](n2ncc3c(NCc4ccccc4Cl)nc(Cl)nc32)[C@H](O)[C@@H]1O. The van der Waals surface area contributed by atoms with Gasteiger partial charge in [-0.15, -0.1) is 10.2 Å². The van der Waals surface area contributed by atoms with Gasteiger partial charge in [0.2, 0.25) is 5.28 Å². The zero-order valence-corrected chi connectivity index (χ0v) is 23.9. The fraction of sp³-hybridized carbons (Fsp3) is 0.455. The molecule has 1 unspecified atom stereocenters. The van der Waals surface area contributed by atoms with Crippen molar-refractivity contribution in [3.63, 3.8) is 0 Å². The van der Waals surface area contributed by atoms with Gasteiger partial charge in [-0.2, -0.15) is 20.3 Å². The van der Waals surface area contributed by atoms with Crippen LogP contribution in [0.5, 0.6) is 0 Å². The van der Waals surface area contributed by atoms with Crippen LogP contribution in [0, 0.1) is 0 Å². The van der Waals surface area contributed by atoms with Crippen LogP contribution < -0.4 is 5.32 Å². The number of ether oxygens (including phenoxy) is 2. The topological polar surface area (TPSA) is 247 Å². The first-order valence-corrected chi connectivity index (χ1v) is 14.8. The van der Waals surface area contributed by atoms with Crippen molar-refractivity contribution in [2.75, 3.05) is 18.5 Å². The molecule has 226 valence electrons. The summed E-state index contributed by atoms with van der Waals surface area (Å²) in [6.07, 6.45) is -4.72. The van der Waals surface area contributed by atoms with Crippen molar-refractivity contribution in [3.8, 4) is 0 Å². The predicted molar refractivity (Wildman–Crippen MR) is 145 cm³/mol. The maximum absolute atomic E-state index is 12.4. The van der Waals surface area contributed by atoms with E-state index in [1.165, 1.54) is 10.9 Å². The monoisotopic (exact) mass is 645 g/mol. The molecule has 1 aromatic carbocycles. The van der Waals surface area contributed by atoms with Crippen molar-refractivity contribution in [2.24, 2.45) is 0 Å². The van der Waals surface area contributed by atoms with Crippen LogP contribution in [-0.4, -0.2) is 102 Å². The Morgan fingerprint density at radius 2 is 1.98 bits per heavy atom. The summed E-state index contributed by atoms with van der Waals surface area (Å²) >= 11 is 12.4. The number of aliphatic hydroxyl groups excluding tert-OH is 3. The van der Waals surface area contributed by atoms with E-state index in [9.17, 15) is 29.7 Å². The van der Waals surface area contributed by atoms with Crippen molar-refractivity contribution in [3.05, 3.63) is 52.2 Å². The highest BCUT2D eigenvalue weighted by Crippen LogP contribution is 2.53. The number of fused-ring (bicyclic) bond motifs is 1. The van der Waals surface area contributed by atoms with Gasteiger partial charge in [0.25, 0.3) is 0 Å². The van der Waals surface area contributed by atoms with Gasteiger partial charge in [-0.3, -0.25) is 4.57 Å². The molecule has 17 nitrogen and oxygen atoms in total. The summed E-state index contributed by atoms with van der Waals surface area (Å²) in [6.45, 7) is -1.35. The lowest BCUT2D eigenvalue weighted by Crippen LogP contribution is -2.42. The lowest BCUT2D eigenvalue weighted by molar-refractivity contribution is -0.111. The zero-order chi connectivity index (χ0) is 30.1. The molecule has 7 N–H and O–H groups in total. The Bertz CT molecular complexity index is 1570. The van der Waals surface area contributed by atoms with E-state index >= 15 is 0 Å². The second-order valence-electron chi connectivity index (χ2n) is 9.45. The number of hydrogen-bond donors (Lipinski definition) is 7. The van der Waals surface area contributed by atoms with Gasteiger partial charge >= 0.3 is 7.60 Å². The molecular weight excluding hydrogens is 620 g/mol. The van der Waals surface area contributed by atoms with Crippen LogP contribution in [0.25, 0.3) is 11.0 Å². The van der Waals surface area contributed by atoms with Crippen LogP contribution in [0.2, 0.25) is 10.3 Å². The third-order valence-corrected chi connectivity index (χ3v) is 8.93. The second-order valence-corrected chi connectivity index (χ2v) is 12.1. The van der Waals surface area contributed by atoms with E-state index in [0.29, 0.717) is 22.8 Å². The zero-order valence-electron chi connectivity index (χ0n) is 21.5. The summed E-state index contributed by atoms with van der Waals surface area (Å²) in [5.41, 5.74) is 0.982. The van der Waals surface area contributed by atoms with Gasteiger partial charge in [0.1, 0.15) is 24.1 Å². The highest BCUT2D eigenvalue weighted by atomic mass is 35.5. The van der Waals surface area contributed by atoms with Gasteiger partial charge in [0, 0.05) is 18.0 Å². The predicted octanol–water partition coefficient (Wildman–Crippen LogP) is 0.393. The van der Waals surface area contributed by atoms with Gasteiger partial charge in [0.15, 0.2) is 23.0 Å². The van der Waals surface area contributed by atoms with Crippen LogP contribution in [-0.2, 0) is 27.0 Å². The first kappa shape index (κ1) is 30.6. The summed E-state index contributed by atoms with van der Waals surface area (Å²) in [7, 11) is -5.08. The molecule has 1 fully saturated rings. The lowest BCUT2D eigenvalue weighted by atomic mass is 10.1. The largest absolute Gasteiger partial charge is 0.393 e. The summed E-state index contributed by atoms with van der Waals surface area (Å²) < 4.78 is 24.9. The number of anilines is 1. The van der Waals surface area contributed by atoms with Gasteiger partial charge in [-0.25, -0.2) is 4.68 Å². The molecule has 20 heteroatoms. The Kier molecular flexibility index (Phi) is 9.05. The fourth-order valence-electron chi connectivity index (χ4n) is 4.46. The number of aromatic amines is 1. The van der Waals surface area contributed by atoms with E-state index in [1.807, 2.05) is 18.2 Å². The number of H-pyrrole nitrogens is 1. The average Bonchev–Trinajstić information content (AvgIpc) is 3.68. The normalized spacial score (nSPS) is 22.5. The summed E-state index contributed by atoms with van der Waals surface area (Å²) in [5, 5.41) is 50.5. The number of nitrogens with zero attached hydrogens (tertiary/aromatic N) is 7. The van der Waals surface area contributed by atoms with Crippen molar-refractivity contribution in [1.29, 1.82) is 0 Å². The molecule has 1 aliphatic heterocycles. The highest BCUT2D eigenvalue weighted by molar-refractivity contribution is 7.53. The average molecular weight is 646 g/mol. The Balaban J connectivity index is 1.34. The summed E-state index contributed by atoms with van der Waals surface area (Å²) in [5.74, 6) is 0.476. The molecule has 0 saturated carbocycles. The summed E-state index contributed by atoms with van der Waals surface area (Å²) in [4.78, 5) is 28.4. The Morgan fingerprint density at radius 1 is 1.19 bits per heavy atom. The van der Waals surface area contributed by atoms with Crippen molar-refractivity contribution < 1.29 is 39.1 Å². The molecule has 0 radical (unpaired) electrons. The van der Waals surface area contributed by atoms with E-state index < -0.39 is 50.7 Å². The van der Waals surface area contributed by atoms with E-state index in [2.05, 4.69) is 41.0 Å². The Hall–Kier alpha value is -2.83. The fourth-order valence-corrected chi connectivity index (χ4v) is 5.66. The molecule has 5 atom stereocenters. The lowest BCUT2D eigenvalue weighted by Gasteiger charge is -2.33. The number of nitrogens with one attached hydrogen (secondary N) is 2. The quantitative estimate of drug-likeness (QED) is 0.0813. The van der Waals surface area contributed by atoms with E-state index in [0.717, 1.165) is 5.56 Å². The van der Waals surface area contributed by atoms with Gasteiger partial charge < -0.3 is 39.9 Å². The minimum absolute atomic E-state index is 0.0892. The number of aliphatic hydroxyl groups is 3. The molecular formula is C22H26Cl2N9O8P. The van der Waals surface area contributed by atoms with E-state index in [-0.39, 0.29) is 29.6 Å². The van der Waals surface area contributed by atoms with E-state index in [1.54, 1.807) is 6.07 Å². The number of benzene rings is 1. The van der Waals surface area contributed by atoms with Gasteiger partial charge in [0.05, 0.1) is 24.8 Å².